The van der Waals surface area contributed by atoms with Gasteiger partial charge in [-0.2, -0.15) is 0 Å². The van der Waals surface area contributed by atoms with Gasteiger partial charge in [0, 0.05) is 31.2 Å². The van der Waals surface area contributed by atoms with Crippen molar-refractivity contribution in [3.8, 4) is 0 Å². The van der Waals surface area contributed by atoms with Gasteiger partial charge in [-0.1, -0.05) is 12.1 Å². The van der Waals surface area contributed by atoms with Crippen LogP contribution in [-0.4, -0.2) is 54.2 Å². The van der Waals surface area contributed by atoms with Crippen molar-refractivity contribution < 1.29 is 4.52 Å². The van der Waals surface area contributed by atoms with Crippen LogP contribution in [0.25, 0.3) is 0 Å². The van der Waals surface area contributed by atoms with Crippen LogP contribution in [0.4, 0.5) is 0 Å². The van der Waals surface area contributed by atoms with Crippen LogP contribution in [0.3, 0.4) is 0 Å². The second-order valence-corrected chi connectivity index (χ2v) is 6.97. The van der Waals surface area contributed by atoms with Gasteiger partial charge < -0.3 is 14.7 Å². The van der Waals surface area contributed by atoms with Gasteiger partial charge in [-0.3, -0.25) is 4.90 Å². The predicted molar refractivity (Wildman–Crippen MR) is 87.2 cm³/mol. The molecule has 0 amide bonds. The molecule has 0 spiro atoms. The zero-order valence-electron chi connectivity index (χ0n) is 14.6. The second kappa shape index (κ2) is 8.51. The molecular weight excluding hydrogens is 264 g/mol. The lowest BCUT2D eigenvalue weighted by Gasteiger charge is -2.22. The SMILES string of the molecule is CCCN(CCN(C)C)Cc1cc(CNC(C)(C)C)no1. The van der Waals surface area contributed by atoms with E-state index in [1.807, 2.05) is 0 Å². The second-order valence-electron chi connectivity index (χ2n) is 6.97. The van der Waals surface area contributed by atoms with Crippen molar-refractivity contribution in [2.24, 2.45) is 0 Å². The molecule has 0 aliphatic rings. The highest BCUT2D eigenvalue weighted by molar-refractivity contribution is 5.05. The Bertz CT molecular complexity index is 395. The van der Waals surface area contributed by atoms with Crippen molar-refractivity contribution in [1.82, 2.24) is 20.3 Å². The van der Waals surface area contributed by atoms with Crippen molar-refractivity contribution >= 4 is 0 Å². The van der Waals surface area contributed by atoms with E-state index in [1.165, 1.54) is 0 Å². The van der Waals surface area contributed by atoms with Crippen molar-refractivity contribution in [1.29, 1.82) is 0 Å². The van der Waals surface area contributed by atoms with Gasteiger partial charge in [-0.05, 0) is 47.8 Å². The maximum absolute atomic E-state index is 5.47. The molecule has 0 aliphatic carbocycles. The fourth-order valence-corrected chi connectivity index (χ4v) is 2.02. The third-order valence-electron chi connectivity index (χ3n) is 3.19. The molecule has 0 aromatic carbocycles. The molecule has 0 unspecified atom stereocenters. The molecule has 122 valence electrons. The average Bonchev–Trinajstić information content (AvgIpc) is 2.81. The number of hydrogen-bond donors (Lipinski definition) is 1. The van der Waals surface area contributed by atoms with Crippen LogP contribution < -0.4 is 5.32 Å². The van der Waals surface area contributed by atoms with E-state index < -0.39 is 0 Å². The van der Waals surface area contributed by atoms with E-state index in [0.717, 1.165) is 50.6 Å². The summed E-state index contributed by atoms with van der Waals surface area (Å²) < 4.78 is 5.47. The minimum absolute atomic E-state index is 0.0963. The molecule has 1 rings (SSSR count). The van der Waals surface area contributed by atoms with Crippen LogP contribution in [0.15, 0.2) is 10.6 Å². The minimum Gasteiger partial charge on any atom is -0.360 e. The van der Waals surface area contributed by atoms with Gasteiger partial charge in [0.05, 0.1) is 12.2 Å². The molecule has 1 N–H and O–H groups in total. The number of hydrogen-bond acceptors (Lipinski definition) is 5. The molecule has 1 heterocycles. The van der Waals surface area contributed by atoms with Gasteiger partial charge in [0.1, 0.15) is 0 Å². The van der Waals surface area contributed by atoms with Crippen LogP contribution in [0.1, 0.15) is 45.6 Å². The smallest absolute Gasteiger partial charge is 0.151 e. The summed E-state index contributed by atoms with van der Waals surface area (Å²) in [6.45, 7) is 13.5. The average molecular weight is 296 g/mol. The van der Waals surface area contributed by atoms with Crippen LogP contribution in [0.5, 0.6) is 0 Å². The molecule has 5 nitrogen and oxygen atoms in total. The molecule has 0 fully saturated rings. The van der Waals surface area contributed by atoms with Crippen molar-refractivity contribution in [3.63, 3.8) is 0 Å². The topological polar surface area (TPSA) is 44.5 Å². The van der Waals surface area contributed by atoms with Gasteiger partial charge >= 0.3 is 0 Å². The number of nitrogens with zero attached hydrogens (tertiary/aromatic N) is 3. The summed E-state index contributed by atoms with van der Waals surface area (Å²) in [5.74, 6) is 0.952. The highest BCUT2D eigenvalue weighted by Crippen LogP contribution is 2.09. The van der Waals surface area contributed by atoms with Gasteiger partial charge in [0.2, 0.25) is 0 Å². The molecule has 0 aliphatic heterocycles. The molecule has 5 heteroatoms. The molecule has 0 saturated carbocycles. The van der Waals surface area contributed by atoms with Crippen LogP contribution in [0, 0.1) is 0 Å². The third kappa shape index (κ3) is 8.19. The number of nitrogens with one attached hydrogen (secondary N) is 1. The Labute approximate surface area is 129 Å². The molecule has 0 atom stereocenters. The van der Waals surface area contributed by atoms with Crippen molar-refractivity contribution in [2.75, 3.05) is 33.7 Å². The number of likely N-dealkylation sites (N-methyl/N-ethyl adjacent to an activating group) is 1. The Kier molecular flexibility index (Phi) is 7.35. The van der Waals surface area contributed by atoms with Gasteiger partial charge in [0.15, 0.2) is 5.76 Å². The first-order chi connectivity index (χ1) is 9.80. The van der Waals surface area contributed by atoms with E-state index in [-0.39, 0.29) is 5.54 Å². The molecule has 21 heavy (non-hydrogen) atoms. The van der Waals surface area contributed by atoms with E-state index in [9.17, 15) is 0 Å². The summed E-state index contributed by atoms with van der Waals surface area (Å²) in [5.41, 5.74) is 1.07. The molecule has 0 bridgehead atoms. The van der Waals surface area contributed by atoms with E-state index in [4.69, 9.17) is 4.52 Å². The Hall–Kier alpha value is -0.910. The Morgan fingerprint density at radius 3 is 2.48 bits per heavy atom. The van der Waals surface area contributed by atoms with Crippen LogP contribution >= 0.6 is 0 Å². The molecule has 0 radical (unpaired) electrons. The summed E-state index contributed by atoms with van der Waals surface area (Å²) in [6, 6.07) is 2.07. The Balaban J connectivity index is 2.49. The standard InChI is InChI=1S/C16H32N4O/c1-7-8-20(10-9-19(5)6)13-15-11-14(18-21-15)12-17-16(2,3)4/h11,17H,7-10,12-13H2,1-6H3. The molecule has 1 aromatic rings. The maximum Gasteiger partial charge on any atom is 0.151 e. The third-order valence-corrected chi connectivity index (χ3v) is 3.19. The lowest BCUT2D eigenvalue weighted by molar-refractivity contribution is 0.209. The Morgan fingerprint density at radius 2 is 1.90 bits per heavy atom. The van der Waals surface area contributed by atoms with E-state index in [0.29, 0.717) is 0 Å². The zero-order chi connectivity index (χ0) is 15.9. The summed E-state index contributed by atoms with van der Waals surface area (Å²) in [6.07, 6.45) is 1.15. The fraction of sp³-hybridized carbons (Fsp3) is 0.812. The highest BCUT2D eigenvalue weighted by Gasteiger charge is 2.13. The first kappa shape index (κ1) is 18.1. The van der Waals surface area contributed by atoms with Gasteiger partial charge in [0.25, 0.3) is 0 Å². The fourth-order valence-electron chi connectivity index (χ4n) is 2.02. The summed E-state index contributed by atoms with van der Waals surface area (Å²) in [5, 5.41) is 7.58. The lowest BCUT2D eigenvalue weighted by Crippen LogP contribution is -2.35. The minimum atomic E-state index is 0.0963. The summed E-state index contributed by atoms with van der Waals surface area (Å²) in [4.78, 5) is 4.63. The largest absolute Gasteiger partial charge is 0.360 e. The monoisotopic (exact) mass is 296 g/mol. The van der Waals surface area contributed by atoms with E-state index >= 15 is 0 Å². The van der Waals surface area contributed by atoms with Crippen molar-refractivity contribution in [3.05, 3.63) is 17.5 Å². The first-order valence-electron chi connectivity index (χ1n) is 7.86. The highest BCUT2D eigenvalue weighted by atomic mass is 16.5. The quantitative estimate of drug-likeness (QED) is 0.758. The molecule has 1 aromatic heterocycles. The number of aromatic nitrogens is 1. The summed E-state index contributed by atoms with van der Waals surface area (Å²) in [7, 11) is 4.21. The Morgan fingerprint density at radius 1 is 1.19 bits per heavy atom. The van der Waals surface area contributed by atoms with Crippen molar-refractivity contribution in [2.45, 2.75) is 52.7 Å². The number of rotatable bonds is 9. The summed E-state index contributed by atoms with van der Waals surface area (Å²) >= 11 is 0. The van der Waals surface area contributed by atoms with E-state index in [2.05, 4.69) is 68.1 Å². The molecular formula is C16H32N4O. The zero-order valence-corrected chi connectivity index (χ0v) is 14.6. The van der Waals surface area contributed by atoms with E-state index in [1.54, 1.807) is 0 Å². The van der Waals surface area contributed by atoms with Crippen LogP contribution in [0.2, 0.25) is 0 Å². The normalized spacial score (nSPS) is 12.6. The van der Waals surface area contributed by atoms with Gasteiger partial charge in [-0.25, -0.2) is 0 Å². The first-order valence-corrected chi connectivity index (χ1v) is 7.86. The predicted octanol–water partition coefficient (Wildman–Crippen LogP) is 2.34. The maximum atomic E-state index is 5.47. The lowest BCUT2D eigenvalue weighted by atomic mass is 10.1. The van der Waals surface area contributed by atoms with Crippen LogP contribution in [-0.2, 0) is 13.1 Å². The van der Waals surface area contributed by atoms with Gasteiger partial charge in [-0.15, -0.1) is 0 Å². The molecule has 0 saturated heterocycles.